The lowest BCUT2D eigenvalue weighted by molar-refractivity contribution is -0.0582. The maximum absolute atomic E-state index is 12.6. The van der Waals surface area contributed by atoms with Crippen LogP contribution in [-0.4, -0.2) is 18.2 Å². The molecule has 0 heterocycles. The van der Waals surface area contributed by atoms with E-state index in [2.05, 4.69) is 46.0 Å². The molecule has 0 aromatic heterocycles. The molecule has 3 nitrogen and oxygen atoms in total. The van der Waals surface area contributed by atoms with E-state index in [1.165, 1.54) is 77.0 Å². The highest BCUT2D eigenvalue weighted by Crippen LogP contribution is 2.67. The molecule has 0 aromatic rings. The number of nitrogens with one attached hydrogen (secondary N) is 1. The van der Waals surface area contributed by atoms with Crippen LogP contribution in [0.5, 0.6) is 0 Å². The van der Waals surface area contributed by atoms with E-state index in [0.717, 1.165) is 61.2 Å². The molecule has 0 aliphatic heterocycles. The predicted molar refractivity (Wildman–Crippen MR) is 153 cm³/mol. The van der Waals surface area contributed by atoms with Gasteiger partial charge in [-0.05, 0) is 104 Å². The number of allylic oxidation sites excluding steroid dienone is 1. The Labute approximate surface area is 228 Å². The molecule has 0 saturated heterocycles. The first-order valence-corrected chi connectivity index (χ1v) is 16.4. The van der Waals surface area contributed by atoms with E-state index >= 15 is 0 Å². The summed E-state index contributed by atoms with van der Waals surface area (Å²) in [6.45, 7) is 12.6. The van der Waals surface area contributed by atoms with Crippen LogP contribution in [0, 0.1) is 46.3 Å². The molecule has 37 heavy (non-hydrogen) atoms. The van der Waals surface area contributed by atoms with Gasteiger partial charge in [-0.1, -0.05) is 84.8 Å². The van der Waals surface area contributed by atoms with Crippen molar-refractivity contribution in [3.8, 4) is 0 Å². The fraction of sp³-hybridized carbons (Fsp3) is 0.912. The van der Waals surface area contributed by atoms with Crippen molar-refractivity contribution >= 4 is 6.09 Å². The van der Waals surface area contributed by atoms with Crippen LogP contribution in [0.1, 0.15) is 137 Å². The third kappa shape index (κ3) is 5.54. The molecule has 8 atom stereocenters. The summed E-state index contributed by atoms with van der Waals surface area (Å²) in [6.07, 6.45) is 23.0. The zero-order chi connectivity index (χ0) is 26.2. The summed E-state index contributed by atoms with van der Waals surface area (Å²) in [5.74, 6) is 5.25. The number of carbonyl (C=O) groups excluding carboxylic acids is 1. The lowest BCUT2D eigenvalue weighted by Gasteiger charge is -2.58. The first-order valence-electron chi connectivity index (χ1n) is 16.4. The number of hydrogen-bond acceptors (Lipinski definition) is 2. The molecule has 0 bridgehead atoms. The zero-order valence-electron chi connectivity index (χ0n) is 24.8. The molecule has 1 N–H and O–H groups in total. The van der Waals surface area contributed by atoms with Gasteiger partial charge in [-0.3, -0.25) is 0 Å². The fourth-order valence-corrected chi connectivity index (χ4v) is 10.4. The Balaban J connectivity index is 1.20. The first-order chi connectivity index (χ1) is 17.7. The van der Waals surface area contributed by atoms with Crippen LogP contribution < -0.4 is 5.32 Å². The molecular weight excluding hydrogens is 454 g/mol. The van der Waals surface area contributed by atoms with Crippen molar-refractivity contribution < 1.29 is 9.53 Å². The SMILES string of the molecule is CC(C)CCC[C@H](C)[C@@H]1CC[C@@H]2[C@H]3CC=C4C[C@@H](OC(=O)NC5CCCCC5)CC[C@]4(C)[C@@H]3CC[C@]21C. The molecule has 210 valence electrons. The van der Waals surface area contributed by atoms with E-state index < -0.39 is 0 Å². The van der Waals surface area contributed by atoms with Gasteiger partial charge in [-0.15, -0.1) is 0 Å². The average Bonchev–Trinajstić information content (AvgIpc) is 3.22. The Morgan fingerprint density at radius 3 is 2.51 bits per heavy atom. The number of rotatable bonds is 7. The summed E-state index contributed by atoms with van der Waals surface area (Å²) in [7, 11) is 0. The van der Waals surface area contributed by atoms with E-state index in [1.54, 1.807) is 5.57 Å². The van der Waals surface area contributed by atoms with Crippen molar-refractivity contribution in [3.05, 3.63) is 11.6 Å². The van der Waals surface area contributed by atoms with Gasteiger partial charge in [0.25, 0.3) is 0 Å². The summed E-state index contributed by atoms with van der Waals surface area (Å²) in [5, 5.41) is 3.17. The maximum atomic E-state index is 12.6. The number of amides is 1. The third-order valence-electron chi connectivity index (χ3n) is 12.5. The summed E-state index contributed by atoms with van der Waals surface area (Å²) in [5.41, 5.74) is 2.50. The van der Waals surface area contributed by atoms with Gasteiger partial charge in [0.2, 0.25) is 0 Å². The number of fused-ring (bicyclic) bond motifs is 5. The normalized spacial score (nSPS) is 40.8. The fourth-order valence-electron chi connectivity index (χ4n) is 10.4. The minimum Gasteiger partial charge on any atom is -0.446 e. The van der Waals surface area contributed by atoms with Gasteiger partial charge in [0.15, 0.2) is 0 Å². The zero-order valence-corrected chi connectivity index (χ0v) is 24.8. The van der Waals surface area contributed by atoms with Gasteiger partial charge < -0.3 is 10.1 Å². The minimum absolute atomic E-state index is 0.0656. The molecule has 5 aliphatic rings. The summed E-state index contributed by atoms with van der Waals surface area (Å²) < 4.78 is 6.01. The standard InChI is InChI=1S/C34H57NO2/c1-23(2)10-9-11-24(3)29-16-17-30-28-15-14-25-22-27(37-32(36)35-26-12-7-6-8-13-26)18-20-33(25,4)31(28)19-21-34(29,30)5/h14,23-24,26-31H,6-13,15-22H2,1-5H3,(H,35,36)/t24-,27-,28+,29-,30+,31+,33-,34-/m0/s1. The average molecular weight is 512 g/mol. The van der Waals surface area contributed by atoms with Crippen LogP contribution in [0.2, 0.25) is 0 Å². The molecule has 5 aliphatic carbocycles. The van der Waals surface area contributed by atoms with E-state index in [9.17, 15) is 4.79 Å². The second-order valence-corrected chi connectivity index (χ2v) is 15.0. The van der Waals surface area contributed by atoms with E-state index in [1.807, 2.05) is 0 Å². The lowest BCUT2D eigenvalue weighted by Crippen LogP contribution is -2.51. The monoisotopic (exact) mass is 511 g/mol. The van der Waals surface area contributed by atoms with Gasteiger partial charge in [-0.2, -0.15) is 0 Å². The Bertz CT molecular complexity index is 828. The maximum Gasteiger partial charge on any atom is 0.407 e. The molecule has 1 amide bonds. The quantitative estimate of drug-likeness (QED) is 0.346. The molecule has 0 aromatic carbocycles. The van der Waals surface area contributed by atoms with Crippen molar-refractivity contribution in [2.24, 2.45) is 46.3 Å². The molecule has 0 spiro atoms. The van der Waals surface area contributed by atoms with Crippen molar-refractivity contribution in [2.45, 2.75) is 149 Å². The molecule has 0 radical (unpaired) electrons. The predicted octanol–water partition coefficient (Wildman–Crippen LogP) is 9.46. The Morgan fingerprint density at radius 2 is 1.76 bits per heavy atom. The van der Waals surface area contributed by atoms with Crippen molar-refractivity contribution in [1.82, 2.24) is 5.32 Å². The van der Waals surface area contributed by atoms with Gasteiger partial charge in [0, 0.05) is 12.5 Å². The van der Waals surface area contributed by atoms with Crippen LogP contribution in [-0.2, 0) is 4.74 Å². The number of hydrogen-bond donors (Lipinski definition) is 1. The Kier molecular flexibility index (Phi) is 8.38. The first kappa shape index (κ1) is 27.6. The lowest BCUT2D eigenvalue weighted by atomic mass is 9.47. The van der Waals surface area contributed by atoms with E-state index in [4.69, 9.17) is 4.74 Å². The topological polar surface area (TPSA) is 38.3 Å². The number of alkyl carbamates (subject to hydrolysis) is 1. The molecule has 5 rings (SSSR count). The number of ether oxygens (including phenoxy) is 1. The summed E-state index contributed by atoms with van der Waals surface area (Å²) >= 11 is 0. The van der Waals surface area contributed by atoms with Crippen LogP contribution in [0.15, 0.2) is 11.6 Å². The van der Waals surface area contributed by atoms with Gasteiger partial charge in [0.1, 0.15) is 6.10 Å². The summed E-state index contributed by atoms with van der Waals surface area (Å²) in [4.78, 5) is 12.6. The highest BCUT2D eigenvalue weighted by Gasteiger charge is 2.59. The van der Waals surface area contributed by atoms with Crippen LogP contribution in [0.4, 0.5) is 4.79 Å². The van der Waals surface area contributed by atoms with Crippen LogP contribution >= 0.6 is 0 Å². The second-order valence-electron chi connectivity index (χ2n) is 15.0. The third-order valence-corrected chi connectivity index (χ3v) is 12.5. The smallest absolute Gasteiger partial charge is 0.407 e. The molecule has 4 fully saturated rings. The van der Waals surface area contributed by atoms with Gasteiger partial charge in [-0.25, -0.2) is 4.79 Å². The molecular formula is C34H57NO2. The van der Waals surface area contributed by atoms with Gasteiger partial charge >= 0.3 is 6.09 Å². The highest BCUT2D eigenvalue weighted by molar-refractivity contribution is 5.67. The van der Waals surface area contributed by atoms with E-state index in [-0.39, 0.29) is 12.2 Å². The van der Waals surface area contributed by atoms with Gasteiger partial charge in [0.05, 0.1) is 0 Å². The van der Waals surface area contributed by atoms with Crippen molar-refractivity contribution in [1.29, 1.82) is 0 Å². The summed E-state index contributed by atoms with van der Waals surface area (Å²) in [6, 6.07) is 0.328. The largest absolute Gasteiger partial charge is 0.446 e. The van der Waals surface area contributed by atoms with Crippen molar-refractivity contribution in [3.63, 3.8) is 0 Å². The Hall–Kier alpha value is -0.990. The van der Waals surface area contributed by atoms with E-state index in [0.29, 0.717) is 16.9 Å². The molecule has 3 heteroatoms. The van der Waals surface area contributed by atoms with Crippen molar-refractivity contribution in [2.75, 3.05) is 0 Å². The minimum atomic E-state index is -0.164. The molecule has 0 unspecified atom stereocenters. The molecule has 4 saturated carbocycles. The Morgan fingerprint density at radius 1 is 0.973 bits per heavy atom. The van der Waals surface area contributed by atoms with Crippen LogP contribution in [0.25, 0.3) is 0 Å². The highest BCUT2D eigenvalue weighted by atomic mass is 16.6. The second kappa shape index (κ2) is 11.2. The number of carbonyl (C=O) groups is 1. The van der Waals surface area contributed by atoms with Crippen LogP contribution in [0.3, 0.4) is 0 Å².